The minimum Gasteiger partial charge on any atom is -0.368 e. The zero-order valence-electron chi connectivity index (χ0n) is 10.4. The Morgan fingerprint density at radius 2 is 1.07 bits per heavy atom. The van der Waals surface area contributed by atoms with Crippen LogP contribution in [-0.2, 0) is 0 Å². The fraction of sp³-hybridized carbons (Fsp3) is 1.00. The lowest BCUT2D eigenvalue weighted by Gasteiger charge is -2.05. The number of unbranched alkanes of at least 4 members (excludes halogenated alkanes) is 6. The highest BCUT2D eigenvalue weighted by atomic mass is 16.5. The molecule has 15 heavy (non-hydrogen) atoms. The van der Waals surface area contributed by atoms with Gasteiger partial charge in [0.05, 0.1) is 0 Å². The van der Waals surface area contributed by atoms with Gasteiger partial charge in [-0.05, 0) is 18.8 Å². The van der Waals surface area contributed by atoms with Gasteiger partial charge in [-0.2, -0.15) is 0 Å². The minimum absolute atomic E-state index is 0.535. The van der Waals surface area contributed by atoms with Crippen molar-refractivity contribution in [3.05, 3.63) is 0 Å². The predicted molar refractivity (Wildman–Crippen MR) is 64.6 cm³/mol. The summed E-state index contributed by atoms with van der Waals surface area (Å²) in [5.74, 6) is 0.844. The van der Waals surface area contributed by atoms with E-state index < -0.39 is 6.29 Å². The Morgan fingerprint density at radius 1 is 0.667 bits per heavy atom. The van der Waals surface area contributed by atoms with Crippen molar-refractivity contribution in [2.45, 2.75) is 77.9 Å². The second-order valence-electron chi connectivity index (χ2n) is 4.93. The molecule has 0 saturated heterocycles. The molecule has 0 aliphatic heterocycles. The Labute approximate surface area is 94.7 Å². The first-order valence-electron chi connectivity index (χ1n) is 6.49. The first-order chi connectivity index (χ1) is 7.13. The van der Waals surface area contributed by atoms with Crippen LogP contribution in [0.3, 0.4) is 0 Å². The van der Waals surface area contributed by atoms with Crippen molar-refractivity contribution in [1.82, 2.24) is 0 Å². The number of rotatable bonds is 10. The smallest absolute Gasteiger partial charge is 0.151 e. The summed E-state index contributed by atoms with van der Waals surface area (Å²) in [6.07, 6.45) is 9.50. The normalized spacial score (nSPS) is 11.6. The second-order valence-corrected chi connectivity index (χ2v) is 4.93. The third-order valence-corrected chi connectivity index (χ3v) is 2.74. The number of hydrogen-bond donors (Lipinski definition) is 2. The maximum Gasteiger partial charge on any atom is 0.151 e. The van der Waals surface area contributed by atoms with Crippen molar-refractivity contribution in [2.24, 2.45) is 5.92 Å². The maximum absolute atomic E-state index is 8.63. The van der Waals surface area contributed by atoms with Crippen LogP contribution >= 0.6 is 0 Å². The van der Waals surface area contributed by atoms with E-state index in [0.29, 0.717) is 6.42 Å². The Kier molecular flexibility index (Phi) is 10.4. The fourth-order valence-corrected chi connectivity index (χ4v) is 1.76. The first-order valence-corrected chi connectivity index (χ1v) is 6.49. The molecule has 0 fully saturated rings. The third kappa shape index (κ3) is 13.9. The number of aliphatic hydroxyl groups excluding tert-OH is 1. The molecular formula is C13H28O2. The summed E-state index contributed by atoms with van der Waals surface area (Å²) >= 11 is 0. The quantitative estimate of drug-likeness (QED) is 0.433. The van der Waals surface area contributed by atoms with E-state index in [2.05, 4.69) is 13.8 Å². The van der Waals surface area contributed by atoms with Crippen molar-refractivity contribution in [1.29, 1.82) is 0 Å². The molecule has 0 unspecified atom stereocenters. The monoisotopic (exact) mass is 216 g/mol. The fourth-order valence-electron chi connectivity index (χ4n) is 1.76. The summed E-state index contributed by atoms with van der Waals surface area (Å²) in [5, 5.41) is 17.3. The lowest BCUT2D eigenvalue weighted by molar-refractivity contribution is -0.0466. The van der Waals surface area contributed by atoms with Gasteiger partial charge in [0.15, 0.2) is 6.29 Å². The second kappa shape index (κ2) is 10.4. The van der Waals surface area contributed by atoms with Crippen molar-refractivity contribution in [3.63, 3.8) is 0 Å². The molecule has 0 aliphatic rings. The molecular weight excluding hydrogens is 188 g/mol. The van der Waals surface area contributed by atoms with E-state index in [1.807, 2.05) is 0 Å². The zero-order chi connectivity index (χ0) is 11.5. The Balaban J connectivity index is 2.93. The molecule has 2 N–H and O–H groups in total. The molecule has 0 aromatic carbocycles. The highest BCUT2D eigenvalue weighted by Gasteiger charge is 1.97. The van der Waals surface area contributed by atoms with E-state index in [4.69, 9.17) is 10.2 Å². The molecule has 0 radical (unpaired) electrons. The summed E-state index contributed by atoms with van der Waals surface area (Å²) < 4.78 is 0. The SMILES string of the molecule is CC(C)CCCCCCCCCC(O)O. The lowest BCUT2D eigenvalue weighted by atomic mass is 10.0. The van der Waals surface area contributed by atoms with Crippen LogP contribution in [0.15, 0.2) is 0 Å². The van der Waals surface area contributed by atoms with Gasteiger partial charge < -0.3 is 10.2 Å². The molecule has 92 valence electrons. The molecule has 0 aliphatic carbocycles. The van der Waals surface area contributed by atoms with Crippen LogP contribution in [-0.4, -0.2) is 16.5 Å². The van der Waals surface area contributed by atoms with Gasteiger partial charge in [0.25, 0.3) is 0 Å². The van der Waals surface area contributed by atoms with Crippen LogP contribution in [0.2, 0.25) is 0 Å². The Morgan fingerprint density at radius 3 is 1.47 bits per heavy atom. The van der Waals surface area contributed by atoms with Gasteiger partial charge in [0, 0.05) is 0 Å². The molecule has 0 aromatic heterocycles. The summed E-state index contributed by atoms with van der Waals surface area (Å²) in [7, 11) is 0. The van der Waals surface area contributed by atoms with Crippen molar-refractivity contribution >= 4 is 0 Å². The molecule has 0 aromatic rings. The average molecular weight is 216 g/mol. The molecule has 0 spiro atoms. The van der Waals surface area contributed by atoms with E-state index >= 15 is 0 Å². The van der Waals surface area contributed by atoms with Crippen molar-refractivity contribution in [2.75, 3.05) is 0 Å². The Hall–Kier alpha value is -0.0800. The molecule has 2 nitrogen and oxygen atoms in total. The van der Waals surface area contributed by atoms with E-state index in [0.717, 1.165) is 18.8 Å². The van der Waals surface area contributed by atoms with Gasteiger partial charge in [0.2, 0.25) is 0 Å². The first kappa shape index (κ1) is 14.9. The molecule has 2 heteroatoms. The maximum atomic E-state index is 8.63. The topological polar surface area (TPSA) is 40.5 Å². The summed E-state index contributed by atoms with van der Waals surface area (Å²) in [4.78, 5) is 0. The van der Waals surface area contributed by atoms with Crippen LogP contribution in [0, 0.1) is 5.92 Å². The molecule has 0 rings (SSSR count). The highest BCUT2D eigenvalue weighted by molar-refractivity contribution is 4.49. The molecule has 0 saturated carbocycles. The van der Waals surface area contributed by atoms with Crippen LogP contribution < -0.4 is 0 Å². The van der Waals surface area contributed by atoms with E-state index in [-0.39, 0.29) is 0 Å². The van der Waals surface area contributed by atoms with Gasteiger partial charge in [0.1, 0.15) is 0 Å². The summed E-state index contributed by atoms with van der Waals surface area (Å²) in [5.41, 5.74) is 0. The van der Waals surface area contributed by atoms with E-state index in [1.54, 1.807) is 0 Å². The van der Waals surface area contributed by atoms with E-state index in [9.17, 15) is 0 Å². The van der Waals surface area contributed by atoms with Gasteiger partial charge in [-0.15, -0.1) is 0 Å². The van der Waals surface area contributed by atoms with Gasteiger partial charge in [-0.25, -0.2) is 0 Å². The third-order valence-electron chi connectivity index (χ3n) is 2.74. The van der Waals surface area contributed by atoms with Gasteiger partial charge in [-0.1, -0.05) is 58.8 Å². The van der Waals surface area contributed by atoms with Crippen LogP contribution in [0.5, 0.6) is 0 Å². The van der Waals surface area contributed by atoms with Crippen LogP contribution in [0.25, 0.3) is 0 Å². The van der Waals surface area contributed by atoms with E-state index in [1.165, 1.54) is 38.5 Å². The summed E-state index contributed by atoms with van der Waals surface area (Å²) in [6, 6.07) is 0. The lowest BCUT2D eigenvalue weighted by Crippen LogP contribution is -2.02. The van der Waals surface area contributed by atoms with Gasteiger partial charge >= 0.3 is 0 Å². The molecule has 0 bridgehead atoms. The highest BCUT2D eigenvalue weighted by Crippen LogP contribution is 2.12. The van der Waals surface area contributed by atoms with Crippen molar-refractivity contribution < 1.29 is 10.2 Å². The van der Waals surface area contributed by atoms with Crippen LogP contribution in [0.1, 0.15) is 71.6 Å². The number of aliphatic hydroxyl groups is 2. The Bertz CT molecular complexity index is 108. The van der Waals surface area contributed by atoms with Gasteiger partial charge in [-0.3, -0.25) is 0 Å². The standard InChI is InChI=1S/C13H28O2/c1-12(2)10-8-6-4-3-5-7-9-11-13(14)15/h12-15H,3-11H2,1-2H3. The molecule has 0 heterocycles. The molecule has 0 amide bonds. The van der Waals surface area contributed by atoms with Crippen molar-refractivity contribution in [3.8, 4) is 0 Å². The zero-order valence-corrected chi connectivity index (χ0v) is 10.4. The van der Waals surface area contributed by atoms with Crippen LogP contribution in [0.4, 0.5) is 0 Å². The summed E-state index contributed by atoms with van der Waals surface area (Å²) in [6.45, 7) is 4.56. The number of hydrogen-bond acceptors (Lipinski definition) is 2. The minimum atomic E-state index is -1.10. The largest absolute Gasteiger partial charge is 0.368 e. The molecule has 0 atom stereocenters. The predicted octanol–water partition coefficient (Wildman–Crippen LogP) is 3.46. The average Bonchev–Trinajstić information content (AvgIpc) is 2.14.